The van der Waals surface area contributed by atoms with Crippen molar-refractivity contribution in [3.05, 3.63) is 53.3 Å². The zero-order chi connectivity index (χ0) is 26.5. The van der Waals surface area contributed by atoms with Crippen LogP contribution in [0.3, 0.4) is 0 Å². The maximum atomic E-state index is 13.0. The number of carbonyl (C=O) groups is 3. The maximum absolute atomic E-state index is 13.0. The van der Waals surface area contributed by atoms with Crippen molar-refractivity contribution in [3.8, 4) is 11.5 Å². The van der Waals surface area contributed by atoms with E-state index < -0.39 is 18.6 Å². The number of likely N-dealkylation sites (tertiary alicyclic amines) is 1. The maximum Gasteiger partial charge on any atom is 0.387 e. The third-order valence-electron chi connectivity index (χ3n) is 6.43. The van der Waals surface area contributed by atoms with Gasteiger partial charge in [0.25, 0.3) is 5.91 Å². The summed E-state index contributed by atoms with van der Waals surface area (Å²) in [6.45, 7) is -1.09. The molecule has 1 saturated heterocycles. The monoisotopic (exact) mass is 517 g/mol. The molecule has 2 heterocycles. The third kappa shape index (κ3) is 6.72. The van der Waals surface area contributed by atoms with Gasteiger partial charge in [-0.05, 0) is 55.0 Å². The van der Waals surface area contributed by atoms with Crippen LogP contribution >= 0.6 is 0 Å². The molecule has 1 saturated carbocycles. The van der Waals surface area contributed by atoms with E-state index in [9.17, 15) is 23.2 Å². The lowest BCUT2D eigenvalue weighted by Gasteiger charge is -2.21. The molecule has 0 bridgehead atoms. The smallest absolute Gasteiger partial charge is 0.387 e. The van der Waals surface area contributed by atoms with Crippen LogP contribution in [0.25, 0.3) is 0 Å². The highest BCUT2D eigenvalue weighted by Gasteiger charge is 2.40. The summed E-state index contributed by atoms with van der Waals surface area (Å²) in [6, 6.07) is 8.71. The fraction of sp³-hybridized carbons (Fsp3) is 0.462. The van der Waals surface area contributed by atoms with Gasteiger partial charge in [-0.2, -0.15) is 8.78 Å². The first kappa shape index (κ1) is 26.3. The Labute approximate surface area is 213 Å². The van der Waals surface area contributed by atoms with E-state index in [2.05, 4.69) is 15.0 Å². The first-order valence-electron chi connectivity index (χ1n) is 12.1. The van der Waals surface area contributed by atoms with Gasteiger partial charge < -0.3 is 24.4 Å². The minimum absolute atomic E-state index is 0.0525. The van der Waals surface area contributed by atoms with E-state index in [0.29, 0.717) is 24.6 Å². The molecule has 1 aromatic heterocycles. The Morgan fingerprint density at radius 1 is 1.16 bits per heavy atom. The van der Waals surface area contributed by atoms with E-state index in [1.54, 1.807) is 30.3 Å². The molecule has 2 fully saturated rings. The Balaban J connectivity index is 1.46. The normalized spacial score (nSPS) is 19.0. The quantitative estimate of drug-likeness (QED) is 0.482. The van der Waals surface area contributed by atoms with Crippen LogP contribution in [-0.4, -0.2) is 60.5 Å². The highest BCUT2D eigenvalue weighted by atomic mass is 19.3. The Hall–Kier alpha value is -3.76. The molecule has 2 atom stereocenters. The van der Waals surface area contributed by atoms with Gasteiger partial charge in [-0.1, -0.05) is 12.1 Å². The standard InChI is InChI=1S/C26H29F2N3O6/c1-15(32)31-12-18(17-8-9-22(37-26(27)28)23(11-17)35-13-16-6-7-16)10-21(31)25(34)36-14-19-4-3-5-20(30-19)24(33)29-2/h3-5,8-9,11,16,18,21,26H,6-7,10,12-14H2,1-2H3,(H,29,33)/t18-,21-/m1/s1. The molecule has 1 aromatic carbocycles. The van der Waals surface area contributed by atoms with E-state index in [-0.39, 0.29) is 48.1 Å². The van der Waals surface area contributed by atoms with Crippen molar-refractivity contribution in [2.24, 2.45) is 5.92 Å². The summed E-state index contributed by atoms with van der Waals surface area (Å²) in [5.74, 6) is -0.899. The van der Waals surface area contributed by atoms with Crippen LogP contribution in [0.4, 0.5) is 8.78 Å². The summed E-state index contributed by atoms with van der Waals surface area (Å²) in [5.41, 5.74) is 1.33. The summed E-state index contributed by atoms with van der Waals surface area (Å²) in [5, 5.41) is 2.48. The van der Waals surface area contributed by atoms with Gasteiger partial charge in [-0.25, -0.2) is 9.78 Å². The lowest BCUT2D eigenvalue weighted by Crippen LogP contribution is -2.40. The van der Waals surface area contributed by atoms with Gasteiger partial charge in [0.15, 0.2) is 11.5 Å². The number of ether oxygens (including phenoxy) is 3. The first-order chi connectivity index (χ1) is 17.7. The molecule has 4 rings (SSSR count). The summed E-state index contributed by atoms with van der Waals surface area (Å²) in [7, 11) is 1.49. The number of esters is 1. The number of amides is 2. The Morgan fingerprint density at radius 3 is 2.62 bits per heavy atom. The molecule has 198 valence electrons. The second-order valence-electron chi connectivity index (χ2n) is 9.16. The van der Waals surface area contributed by atoms with Crippen LogP contribution in [0.5, 0.6) is 11.5 Å². The highest BCUT2D eigenvalue weighted by Crippen LogP contribution is 2.39. The first-order valence-corrected chi connectivity index (χ1v) is 12.1. The second-order valence-corrected chi connectivity index (χ2v) is 9.16. The van der Waals surface area contributed by atoms with Crippen molar-refractivity contribution < 1.29 is 37.4 Å². The van der Waals surface area contributed by atoms with Gasteiger partial charge in [0.1, 0.15) is 18.3 Å². The zero-order valence-electron chi connectivity index (χ0n) is 20.6. The molecular formula is C26H29F2N3O6. The van der Waals surface area contributed by atoms with Gasteiger partial charge in [0.05, 0.1) is 12.3 Å². The zero-order valence-corrected chi connectivity index (χ0v) is 20.6. The number of carbonyl (C=O) groups excluding carboxylic acids is 3. The summed E-state index contributed by atoms with van der Waals surface area (Å²) < 4.78 is 41.6. The topological polar surface area (TPSA) is 107 Å². The number of alkyl halides is 2. The molecule has 9 nitrogen and oxygen atoms in total. The van der Waals surface area contributed by atoms with E-state index in [4.69, 9.17) is 9.47 Å². The number of pyridine rings is 1. The molecule has 1 aliphatic heterocycles. The van der Waals surface area contributed by atoms with Crippen molar-refractivity contribution in [2.45, 2.75) is 51.4 Å². The second kappa shape index (κ2) is 11.5. The molecule has 37 heavy (non-hydrogen) atoms. The highest BCUT2D eigenvalue weighted by molar-refractivity contribution is 5.92. The van der Waals surface area contributed by atoms with Crippen LogP contribution in [0, 0.1) is 5.92 Å². The Bertz CT molecular complexity index is 1160. The van der Waals surface area contributed by atoms with Crippen LogP contribution in [-0.2, 0) is 20.9 Å². The van der Waals surface area contributed by atoms with Crippen LogP contribution in [0.15, 0.2) is 36.4 Å². The third-order valence-corrected chi connectivity index (χ3v) is 6.43. The lowest BCUT2D eigenvalue weighted by atomic mass is 9.96. The van der Waals surface area contributed by atoms with Crippen molar-refractivity contribution >= 4 is 17.8 Å². The average Bonchev–Trinajstić information content (AvgIpc) is 3.60. The van der Waals surface area contributed by atoms with Crippen molar-refractivity contribution in [1.29, 1.82) is 0 Å². The number of halogens is 2. The summed E-state index contributed by atoms with van der Waals surface area (Å²) in [6.07, 6.45) is 2.37. The average molecular weight is 518 g/mol. The van der Waals surface area contributed by atoms with Gasteiger partial charge in [-0.15, -0.1) is 0 Å². The Kier molecular flexibility index (Phi) is 8.20. The van der Waals surface area contributed by atoms with E-state index in [1.807, 2.05) is 0 Å². The van der Waals surface area contributed by atoms with Gasteiger partial charge in [0, 0.05) is 26.4 Å². The van der Waals surface area contributed by atoms with Gasteiger partial charge in [-0.3, -0.25) is 9.59 Å². The van der Waals surface area contributed by atoms with Crippen LogP contribution in [0.2, 0.25) is 0 Å². The van der Waals surface area contributed by atoms with Gasteiger partial charge >= 0.3 is 12.6 Å². The summed E-state index contributed by atoms with van der Waals surface area (Å²) >= 11 is 0. The Morgan fingerprint density at radius 2 is 1.95 bits per heavy atom. The molecule has 0 radical (unpaired) electrons. The van der Waals surface area contributed by atoms with E-state index in [1.165, 1.54) is 24.9 Å². The lowest BCUT2D eigenvalue weighted by molar-refractivity contribution is -0.154. The van der Waals surface area contributed by atoms with Crippen LogP contribution in [0.1, 0.15) is 53.8 Å². The molecule has 2 amide bonds. The van der Waals surface area contributed by atoms with Crippen molar-refractivity contribution in [1.82, 2.24) is 15.2 Å². The molecule has 2 aliphatic rings. The number of nitrogens with one attached hydrogen (secondary N) is 1. The predicted octanol–water partition coefficient (Wildman–Crippen LogP) is 3.28. The van der Waals surface area contributed by atoms with Crippen LogP contribution < -0.4 is 14.8 Å². The molecule has 0 unspecified atom stereocenters. The van der Waals surface area contributed by atoms with Crippen molar-refractivity contribution in [2.75, 3.05) is 20.2 Å². The van der Waals surface area contributed by atoms with Gasteiger partial charge in [0.2, 0.25) is 5.91 Å². The molecular weight excluding hydrogens is 488 g/mol. The predicted molar refractivity (Wildman–Crippen MR) is 127 cm³/mol. The largest absolute Gasteiger partial charge is 0.489 e. The fourth-order valence-corrected chi connectivity index (χ4v) is 4.28. The van der Waals surface area contributed by atoms with E-state index >= 15 is 0 Å². The van der Waals surface area contributed by atoms with Crippen molar-refractivity contribution in [3.63, 3.8) is 0 Å². The minimum atomic E-state index is -2.99. The minimum Gasteiger partial charge on any atom is -0.489 e. The fourth-order valence-electron chi connectivity index (χ4n) is 4.28. The molecule has 0 spiro atoms. The SMILES string of the molecule is CNC(=O)c1cccc(COC(=O)[C@H]2C[C@@H](c3ccc(OC(F)F)c(OCC4CC4)c3)CN2C(C)=O)n1. The number of rotatable bonds is 10. The molecule has 1 aliphatic carbocycles. The number of nitrogens with zero attached hydrogens (tertiary/aromatic N) is 2. The number of hydrogen-bond acceptors (Lipinski definition) is 7. The molecule has 11 heteroatoms. The van der Waals surface area contributed by atoms with E-state index in [0.717, 1.165) is 18.4 Å². The number of aromatic nitrogens is 1. The number of benzene rings is 1. The molecule has 2 aromatic rings. The molecule has 1 N–H and O–H groups in total. The summed E-state index contributed by atoms with van der Waals surface area (Å²) in [4.78, 5) is 42.7. The number of hydrogen-bond donors (Lipinski definition) is 1.